The summed E-state index contributed by atoms with van der Waals surface area (Å²) in [6.45, 7) is 4.56. The van der Waals surface area contributed by atoms with Gasteiger partial charge in [0.25, 0.3) is 0 Å². The fraction of sp³-hybridized carbons (Fsp3) is 0.586. The Kier molecular flexibility index (Phi) is 13.8. The molecule has 0 radical (unpaired) electrons. The van der Waals surface area contributed by atoms with Crippen LogP contribution in [-0.4, -0.2) is 5.75 Å². The molecule has 0 nitrogen and oxygen atoms in total. The van der Waals surface area contributed by atoms with Gasteiger partial charge in [-0.25, -0.2) is 0 Å². The van der Waals surface area contributed by atoms with Crippen LogP contribution in [0.3, 0.4) is 0 Å². The van der Waals surface area contributed by atoms with E-state index in [0.29, 0.717) is 0 Å². The molecule has 0 saturated heterocycles. The minimum absolute atomic E-state index is 1.21. The molecule has 166 valence electrons. The van der Waals surface area contributed by atoms with Crippen molar-refractivity contribution in [3.05, 3.63) is 54.1 Å². The third-order valence-electron chi connectivity index (χ3n) is 5.98. The summed E-state index contributed by atoms with van der Waals surface area (Å²) >= 11 is 2.02. The van der Waals surface area contributed by atoms with Crippen LogP contribution in [0.5, 0.6) is 0 Å². The molecular formula is C29H44S. The van der Waals surface area contributed by atoms with Crippen LogP contribution in [0.25, 0.3) is 11.1 Å². The number of hydrogen-bond donors (Lipinski definition) is 0. The Labute approximate surface area is 191 Å². The van der Waals surface area contributed by atoms with E-state index in [1.165, 1.54) is 117 Å². The first-order valence-corrected chi connectivity index (χ1v) is 13.6. The molecule has 0 fully saturated rings. The Morgan fingerprint density at radius 3 is 1.53 bits per heavy atom. The normalized spacial score (nSPS) is 11.1. The highest BCUT2D eigenvalue weighted by molar-refractivity contribution is 7.99. The minimum Gasteiger partial charge on any atom is -0.126 e. The molecule has 0 aliphatic carbocycles. The first kappa shape index (κ1) is 25.1. The Bertz CT molecular complexity index is 641. The molecule has 2 aromatic rings. The molecule has 2 rings (SSSR count). The standard InChI is InChI=1S/C29H44S/c1-3-5-7-8-9-10-11-12-13-15-25-30-29-23-21-28(22-24-29)27-19-17-26(18-20-27)16-14-6-4-2/h17-24H,3-16,25H2,1-2H3. The fourth-order valence-electron chi connectivity index (χ4n) is 3.97. The van der Waals surface area contributed by atoms with Gasteiger partial charge in [0, 0.05) is 4.90 Å². The van der Waals surface area contributed by atoms with Gasteiger partial charge in [0.05, 0.1) is 0 Å². The summed E-state index contributed by atoms with van der Waals surface area (Å²) in [5.74, 6) is 1.25. The summed E-state index contributed by atoms with van der Waals surface area (Å²) in [6, 6.07) is 18.3. The Balaban J connectivity index is 1.58. The molecule has 0 N–H and O–H groups in total. The molecule has 0 aliphatic rings. The van der Waals surface area contributed by atoms with E-state index in [9.17, 15) is 0 Å². The maximum absolute atomic E-state index is 2.30. The van der Waals surface area contributed by atoms with Gasteiger partial charge in [-0.05, 0) is 53.8 Å². The molecule has 0 saturated carbocycles. The lowest BCUT2D eigenvalue weighted by Crippen LogP contribution is -1.86. The van der Waals surface area contributed by atoms with Crippen molar-refractivity contribution in [3.63, 3.8) is 0 Å². The monoisotopic (exact) mass is 424 g/mol. The Morgan fingerprint density at radius 1 is 0.500 bits per heavy atom. The van der Waals surface area contributed by atoms with Crippen LogP contribution in [0.4, 0.5) is 0 Å². The molecule has 0 aliphatic heterocycles. The van der Waals surface area contributed by atoms with Crippen LogP contribution in [0, 0.1) is 0 Å². The molecule has 0 spiro atoms. The van der Waals surface area contributed by atoms with E-state index in [1.54, 1.807) is 0 Å². The van der Waals surface area contributed by atoms with E-state index in [4.69, 9.17) is 0 Å². The lowest BCUT2D eigenvalue weighted by molar-refractivity contribution is 0.563. The lowest BCUT2D eigenvalue weighted by atomic mass is 10.0. The van der Waals surface area contributed by atoms with Gasteiger partial charge in [0.2, 0.25) is 0 Å². The molecule has 0 heterocycles. The lowest BCUT2D eigenvalue weighted by Gasteiger charge is -2.07. The van der Waals surface area contributed by atoms with Crippen molar-refractivity contribution in [2.45, 2.75) is 109 Å². The van der Waals surface area contributed by atoms with E-state index in [1.807, 2.05) is 11.8 Å². The molecule has 1 heteroatoms. The average Bonchev–Trinajstić information content (AvgIpc) is 2.79. The van der Waals surface area contributed by atoms with Crippen LogP contribution in [0.1, 0.15) is 103 Å². The van der Waals surface area contributed by atoms with Crippen molar-refractivity contribution in [1.29, 1.82) is 0 Å². The van der Waals surface area contributed by atoms with Crippen molar-refractivity contribution in [2.24, 2.45) is 0 Å². The van der Waals surface area contributed by atoms with Gasteiger partial charge < -0.3 is 0 Å². The van der Waals surface area contributed by atoms with Gasteiger partial charge in [0.15, 0.2) is 0 Å². The predicted molar refractivity (Wildman–Crippen MR) is 138 cm³/mol. The summed E-state index contributed by atoms with van der Waals surface area (Å²) < 4.78 is 0. The first-order chi connectivity index (χ1) is 14.8. The number of unbranched alkanes of at least 4 members (excludes halogenated alkanes) is 11. The zero-order chi connectivity index (χ0) is 21.3. The van der Waals surface area contributed by atoms with Gasteiger partial charge in [-0.15, -0.1) is 11.8 Å². The van der Waals surface area contributed by atoms with Crippen molar-refractivity contribution < 1.29 is 0 Å². The molecule has 2 aromatic carbocycles. The second-order valence-corrected chi connectivity index (χ2v) is 9.88. The third-order valence-corrected chi connectivity index (χ3v) is 7.08. The summed E-state index contributed by atoms with van der Waals surface area (Å²) in [5.41, 5.74) is 4.13. The molecule has 0 aromatic heterocycles. The van der Waals surface area contributed by atoms with Gasteiger partial charge in [-0.1, -0.05) is 121 Å². The smallest absolute Gasteiger partial charge is 0.00723 e. The second-order valence-electron chi connectivity index (χ2n) is 8.71. The number of hydrogen-bond acceptors (Lipinski definition) is 1. The van der Waals surface area contributed by atoms with Gasteiger partial charge in [-0.2, -0.15) is 0 Å². The van der Waals surface area contributed by atoms with Crippen molar-refractivity contribution in [1.82, 2.24) is 0 Å². The first-order valence-electron chi connectivity index (χ1n) is 12.7. The van der Waals surface area contributed by atoms with Crippen molar-refractivity contribution >= 4 is 11.8 Å². The SMILES string of the molecule is CCCCCCCCCCCCSc1ccc(-c2ccc(CCCCC)cc2)cc1. The number of thioether (sulfide) groups is 1. The minimum atomic E-state index is 1.21. The topological polar surface area (TPSA) is 0 Å². The molecular weight excluding hydrogens is 380 g/mol. The number of aryl methyl sites for hydroxylation is 1. The summed E-state index contributed by atoms with van der Waals surface area (Å²) in [7, 11) is 0. The van der Waals surface area contributed by atoms with Gasteiger partial charge >= 0.3 is 0 Å². The third kappa shape index (κ3) is 10.7. The number of benzene rings is 2. The molecule has 30 heavy (non-hydrogen) atoms. The van der Waals surface area contributed by atoms with E-state index in [-0.39, 0.29) is 0 Å². The predicted octanol–water partition coefficient (Wildman–Crippen LogP) is 10.1. The quantitative estimate of drug-likeness (QED) is 0.180. The van der Waals surface area contributed by atoms with Crippen LogP contribution in [0.15, 0.2) is 53.4 Å². The van der Waals surface area contributed by atoms with Crippen LogP contribution in [-0.2, 0) is 6.42 Å². The summed E-state index contributed by atoms with van der Waals surface area (Å²) in [6.07, 6.45) is 19.3. The zero-order valence-electron chi connectivity index (χ0n) is 19.6. The summed E-state index contributed by atoms with van der Waals surface area (Å²) in [5, 5.41) is 0. The Hall–Kier alpha value is -1.21. The van der Waals surface area contributed by atoms with Crippen molar-refractivity contribution in [2.75, 3.05) is 5.75 Å². The highest BCUT2D eigenvalue weighted by Gasteiger charge is 2.01. The maximum atomic E-state index is 2.30. The maximum Gasteiger partial charge on any atom is 0.00723 e. The van der Waals surface area contributed by atoms with Gasteiger partial charge in [-0.3, -0.25) is 0 Å². The highest BCUT2D eigenvalue weighted by Crippen LogP contribution is 2.26. The van der Waals surface area contributed by atoms with Gasteiger partial charge in [0.1, 0.15) is 0 Å². The Morgan fingerprint density at radius 2 is 0.967 bits per heavy atom. The van der Waals surface area contributed by atoms with E-state index < -0.39 is 0 Å². The van der Waals surface area contributed by atoms with Crippen molar-refractivity contribution in [3.8, 4) is 11.1 Å². The molecule has 0 bridgehead atoms. The second kappa shape index (κ2) is 16.5. The molecule has 0 amide bonds. The zero-order valence-corrected chi connectivity index (χ0v) is 20.5. The number of rotatable bonds is 17. The van der Waals surface area contributed by atoms with Crippen LogP contribution >= 0.6 is 11.8 Å². The molecule has 0 atom stereocenters. The fourth-order valence-corrected chi connectivity index (χ4v) is 4.88. The largest absolute Gasteiger partial charge is 0.126 e. The van der Waals surface area contributed by atoms with Crippen LogP contribution < -0.4 is 0 Å². The van der Waals surface area contributed by atoms with E-state index in [2.05, 4.69) is 62.4 Å². The summed E-state index contributed by atoms with van der Waals surface area (Å²) in [4.78, 5) is 1.41. The molecule has 0 unspecified atom stereocenters. The highest BCUT2D eigenvalue weighted by atomic mass is 32.2. The van der Waals surface area contributed by atoms with E-state index in [0.717, 1.165) is 0 Å². The van der Waals surface area contributed by atoms with E-state index >= 15 is 0 Å². The average molecular weight is 425 g/mol. The van der Waals surface area contributed by atoms with Crippen LogP contribution in [0.2, 0.25) is 0 Å².